The number of fused-ring (bicyclic) bond motifs is 3. The summed E-state index contributed by atoms with van der Waals surface area (Å²) in [5.74, 6) is -0.518. The van der Waals surface area contributed by atoms with Gasteiger partial charge in [-0.3, -0.25) is 19.1 Å². The molecule has 63 heavy (non-hydrogen) atoms. The van der Waals surface area contributed by atoms with E-state index < -0.39 is 68.7 Å². The van der Waals surface area contributed by atoms with Crippen molar-refractivity contribution in [2.75, 3.05) is 32.2 Å². The van der Waals surface area contributed by atoms with Gasteiger partial charge in [-0.15, -0.1) is 6.58 Å². The zero-order chi connectivity index (χ0) is 44.7. The normalized spacial score (nSPS) is 28.5. The lowest BCUT2D eigenvalue weighted by atomic mass is 9.83. The molecule has 6 aliphatic rings. The van der Waals surface area contributed by atoms with E-state index in [9.17, 15) is 22.8 Å². The third kappa shape index (κ3) is 9.75. The quantitative estimate of drug-likeness (QED) is 0.235. The number of amides is 4. The number of aryl methyl sites for hydroxylation is 1. The second kappa shape index (κ2) is 18.1. The number of pyridine rings is 1. The van der Waals surface area contributed by atoms with Gasteiger partial charge in [0.2, 0.25) is 21.8 Å². The van der Waals surface area contributed by atoms with Crippen molar-refractivity contribution in [2.24, 2.45) is 17.3 Å². The Bertz CT molecular complexity index is 2200. The summed E-state index contributed by atoms with van der Waals surface area (Å²) in [7, 11) is -0.185. The lowest BCUT2D eigenvalue weighted by molar-refractivity contribution is -0.142. The van der Waals surface area contributed by atoms with E-state index in [4.69, 9.17) is 19.2 Å². The molecule has 1 saturated heterocycles. The zero-order valence-corrected chi connectivity index (χ0v) is 38.2. The van der Waals surface area contributed by atoms with Crippen LogP contribution < -0.4 is 29.7 Å². The van der Waals surface area contributed by atoms with Crippen LogP contribution in [0, 0.1) is 17.3 Å². The molecule has 3 heterocycles. The van der Waals surface area contributed by atoms with Crippen LogP contribution in [-0.4, -0.2) is 104 Å². The summed E-state index contributed by atoms with van der Waals surface area (Å²) in [5.41, 5.74) is -0.241. The molecule has 3 N–H and O–H groups in total. The van der Waals surface area contributed by atoms with Gasteiger partial charge in [0.25, 0.3) is 5.91 Å². The van der Waals surface area contributed by atoms with Crippen molar-refractivity contribution < 1.29 is 41.8 Å². The summed E-state index contributed by atoms with van der Waals surface area (Å²) in [6.07, 6.45) is 13.5. The number of aromatic nitrogens is 1. The predicted octanol–water partition coefficient (Wildman–Crippen LogP) is 6.07. The van der Waals surface area contributed by atoms with Gasteiger partial charge in [0.1, 0.15) is 41.0 Å². The Balaban J connectivity index is 1.18. The number of hydrogen-bond donors (Lipinski definition) is 3. The molecule has 5 fully saturated rings. The van der Waals surface area contributed by atoms with Crippen LogP contribution in [0.4, 0.5) is 10.6 Å². The summed E-state index contributed by atoms with van der Waals surface area (Å²) in [6.45, 7) is 8.12. The van der Waals surface area contributed by atoms with Crippen molar-refractivity contribution in [1.29, 1.82) is 0 Å². The van der Waals surface area contributed by atoms with Crippen LogP contribution in [0.15, 0.2) is 30.9 Å². The highest BCUT2D eigenvalue weighted by Gasteiger charge is 2.62. The molecule has 4 aliphatic carbocycles. The first kappa shape index (κ1) is 45.0. The van der Waals surface area contributed by atoms with E-state index in [0.717, 1.165) is 87.4 Å². The van der Waals surface area contributed by atoms with Gasteiger partial charge >= 0.3 is 6.09 Å². The number of hydrogen-bond acceptors (Lipinski definition) is 11. The van der Waals surface area contributed by atoms with E-state index in [1.165, 1.54) is 11.3 Å². The topological polar surface area (TPSA) is 186 Å². The lowest BCUT2D eigenvalue weighted by Gasteiger charge is -2.35. The van der Waals surface area contributed by atoms with Crippen molar-refractivity contribution >= 4 is 50.6 Å². The van der Waals surface area contributed by atoms with Gasteiger partial charge in [0.05, 0.1) is 31.0 Å². The van der Waals surface area contributed by atoms with Gasteiger partial charge in [-0.05, 0) is 87.2 Å². The van der Waals surface area contributed by atoms with Crippen LogP contribution in [-0.2, 0) is 35.6 Å². The Morgan fingerprint density at radius 1 is 1.02 bits per heavy atom. The minimum absolute atomic E-state index is 0.0185. The Hall–Kier alpha value is -4.60. The predicted molar refractivity (Wildman–Crippen MR) is 239 cm³/mol. The van der Waals surface area contributed by atoms with Gasteiger partial charge in [-0.1, -0.05) is 58.4 Å². The van der Waals surface area contributed by atoms with Gasteiger partial charge in [-0.25, -0.2) is 18.2 Å². The molecule has 15 nitrogen and oxygen atoms in total. The van der Waals surface area contributed by atoms with Gasteiger partial charge in [0.15, 0.2) is 0 Å². The van der Waals surface area contributed by atoms with E-state index in [1.54, 1.807) is 13.2 Å². The third-order valence-corrected chi connectivity index (χ3v) is 16.4. The fourth-order valence-electron chi connectivity index (χ4n) is 10.4. The first-order valence-electron chi connectivity index (χ1n) is 23.3. The summed E-state index contributed by atoms with van der Waals surface area (Å²) < 4.78 is 46.8. The molecule has 0 radical (unpaired) electrons. The zero-order valence-electron chi connectivity index (χ0n) is 37.4. The maximum atomic E-state index is 15.1. The van der Waals surface area contributed by atoms with Gasteiger partial charge in [0, 0.05) is 42.9 Å². The van der Waals surface area contributed by atoms with E-state index in [2.05, 4.69) is 53.8 Å². The average Bonchev–Trinajstić information content (AvgIpc) is 4.21. The van der Waals surface area contributed by atoms with Crippen LogP contribution in [0.1, 0.15) is 122 Å². The molecular formula is C47H66N6O9S. The Morgan fingerprint density at radius 3 is 2.40 bits per heavy atom. The van der Waals surface area contributed by atoms with E-state index >= 15 is 4.79 Å². The van der Waals surface area contributed by atoms with Crippen LogP contribution in [0.3, 0.4) is 0 Å². The molecule has 4 saturated carbocycles. The summed E-state index contributed by atoms with van der Waals surface area (Å²) >= 11 is 0. The fraction of sp³-hybridized carbons (Fsp3) is 0.681. The number of cyclic esters (lactones) is 1. The first-order valence-corrected chi connectivity index (χ1v) is 24.8. The van der Waals surface area contributed by atoms with Crippen LogP contribution >= 0.6 is 0 Å². The Labute approximate surface area is 371 Å². The number of nitrogens with one attached hydrogen (secondary N) is 3. The average molecular weight is 891 g/mol. The van der Waals surface area contributed by atoms with Crippen molar-refractivity contribution in [2.45, 2.75) is 158 Å². The third-order valence-electron chi connectivity index (χ3n) is 14.6. The number of carbonyl (C=O) groups is 4. The molecule has 0 unspecified atom stereocenters. The number of alkyl carbamates (subject to hydrolysis) is 1. The fourth-order valence-corrected chi connectivity index (χ4v) is 11.8. The standard InChI is InChI=1S/C47H66N6O9S/c1-6-31-26-47(31,44(56)51-63(58,59)34-19-20-34)50-42(54)37-23-33-27-53(37)43(55)41(29-14-9-7-10-15-29)49-45(57)61-28-46(2,3)21-13-16-30-22-35-36(24-38(30)60-5)48-40(25-39(35)62-33)52(4)32-17-11-8-12-18-32/h6,22,24-25,29,31-34,37,41H,1,7-21,23,26-28H2,2-5H3,(H,49,57)(H,50,54)(H,51,56)/t31-,33-,37+,41+,47-/m1/s1. The van der Waals surface area contributed by atoms with E-state index in [1.807, 2.05) is 12.1 Å². The monoisotopic (exact) mass is 890 g/mol. The molecule has 4 bridgehead atoms. The summed E-state index contributed by atoms with van der Waals surface area (Å²) in [6, 6.07) is 4.23. The number of methoxy groups -OCH3 is 1. The Kier molecular flexibility index (Phi) is 12.9. The Morgan fingerprint density at radius 2 is 1.73 bits per heavy atom. The second-order valence-electron chi connectivity index (χ2n) is 19.8. The number of anilines is 1. The molecule has 8 rings (SSSR count). The lowest BCUT2D eigenvalue weighted by Crippen LogP contribution is -2.59. The maximum Gasteiger partial charge on any atom is 0.407 e. The molecule has 2 aromatic rings. The molecule has 16 heteroatoms. The first-order chi connectivity index (χ1) is 30.1. The largest absolute Gasteiger partial charge is 0.496 e. The van der Waals surface area contributed by atoms with Crippen molar-refractivity contribution in [1.82, 2.24) is 25.2 Å². The highest BCUT2D eigenvalue weighted by atomic mass is 32.2. The minimum atomic E-state index is -3.91. The van der Waals surface area contributed by atoms with Gasteiger partial charge < -0.3 is 34.6 Å². The molecule has 344 valence electrons. The van der Waals surface area contributed by atoms with Crippen LogP contribution in [0.2, 0.25) is 0 Å². The number of carbonyl (C=O) groups excluding carboxylic acids is 4. The second-order valence-corrected chi connectivity index (χ2v) is 21.8. The van der Waals surface area contributed by atoms with E-state index in [-0.39, 0.29) is 37.3 Å². The smallest absolute Gasteiger partial charge is 0.407 e. The van der Waals surface area contributed by atoms with Crippen LogP contribution in [0.5, 0.6) is 11.5 Å². The molecule has 0 spiro atoms. The molecular weight excluding hydrogens is 825 g/mol. The van der Waals surface area contributed by atoms with Crippen LogP contribution in [0.25, 0.3) is 10.9 Å². The highest BCUT2D eigenvalue weighted by Crippen LogP contribution is 2.46. The molecule has 4 amide bonds. The number of sulfonamides is 1. The number of rotatable bonds is 10. The summed E-state index contributed by atoms with van der Waals surface area (Å²) in [5, 5.41) is 6.00. The summed E-state index contributed by atoms with van der Waals surface area (Å²) in [4.78, 5) is 66.2. The SMILES string of the molecule is C=C[C@@H]1C[C@]1(NC(=O)[C@@H]1C[C@@H]2CN1C(=O)[C@H](C1CCCCC1)NC(=O)OCC(C)(C)CCCc1cc3c(cc(N(C)C4CCCCC4)nc3cc1OC)O2)C(=O)NS(=O)(=O)C1CC1. The van der Waals surface area contributed by atoms with Gasteiger partial charge in [-0.2, -0.15) is 0 Å². The molecule has 2 aliphatic heterocycles. The highest BCUT2D eigenvalue weighted by molar-refractivity contribution is 7.91. The minimum Gasteiger partial charge on any atom is -0.496 e. The number of ether oxygens (including phenoxy) is 3. The molecule has 1 aromatic heterocycles. The van der Waals surface area contributed by atoms with Crippen molar-refractivity contribution in [3.8, 4) is 11.5 Å². The molecule has 1 aromatic carbocycles. The number of nitrogens with zero attached hydrogens (tertiary/aromatic N) is 3. The number of benzene rings is 1. The molecule has 5 atom stereocenters. The van der Waals surface area contributed by atoms with E-state index in [0.29, 0.717) is 42.3 Å². The maximum absolute atomic E-state index is 15.1. The van der Waals surface area contributed by atoms with Crippen molar-refractivity contribution in [3.05, 3.63) is 36.4 Å². The van der Waals surface area contributed by atoms with Crippen molar-refractivity contribution in [3.63, 3.8) is 0 Å².